The van der Waals surface area contributed by atoms with Gasteiger partial charge in [-0.2, -0.15) is 0 Å². The van der Waals surface area contributed by atoms with Crippen molar-refractivity contribution in [3.8, 4) is 11.5 Å². The van der Waals surface area contributed by atoms with Crippen molar-refractivity contribution >= 4 is 5.91 Å². The maximum absolute atomic E-state index is 11.8. The van der Waals surface area contributed by atoms with Gasteiger partial charge in [0.2, 0.25) is 0 Å². The molecule has 0 aliphatic carbocycles. The predicted octanol–water partition coefficient (Wildman–Crippen LogP) is 1.03. The number of amides is 1. The molecule has 0 aromatic heterocycles. The summed E-state index contributed by atoms with van der Waals surface area (Å²) in [5, 5.41) is 9.57. The Morgan fingerprint density at radius 3 is 2.87 bits per heavy atom. The molecule has 0 saturated heterocycles. The Kier molecular flexibility index (Phi) is 2.26. The number of rotatable bonds is 1. The normalized spacial score (nSPS) is 15.1. The van der Waals surface area contributed by atoms with Crippen molar-refractivity contribution in [1.82, 2.24) is 4.90 Å². The van der Waals surface area contributed by atoms with Crippen molar-refractivity contribution in [3.05, 3.63) is 23.3 Å². The lowest BCUT2D eigenvalue weighted by Crippen LogP contribution is -2.34. The van der Waals surface area contributed by atoms with Crippen molar-refractivity contribution in [2.24, 2.45) is 0 Å². The predicted molar refractivity (Wildman–Crippen MR) is 55.3 cm³/mol. The van der Waals surface area contributed by atoms with Crippen molar-refractivity contribution in [2.45, 2.75) is 6.42 Å². The van der Waals surface area contributed by atoms with Gasteiger partial charge in [0, 0.05) is 19.2 Å². The molecule has 4 nitrogen and oxygen atoms in total. The van der Waals surface area contributed by atoms with Crippen molar-refractivity contribution < 1.29 is 14.6 Å². The number of phenolic OH excluding ortho intramolecular Hbond substituents is 1. The Hall–Kier alpha value is -1.71. The molecule has 0 spiro atoms. The van der Waals surface area contributed by atoms with E-state index in [1.54, 1.807) is 24.1 Å². The van der Waals surface area contributed by atoms with Gasteiger partial charge in [0.25, 0.3) is 5.91 Å². The molecule has 0 unspecified atom stereocenters. The summed E-state index contributed by atoms with van der Waals surface area (Å²) in [6.07, 6.45) is 0.773. The maximum atomic E-state index is 11.8. The van der Waals surface area contributed by atoms with Crippen LogP contribution in [0.3, 0.4) is 0 Å². The SMILES string of the molecule is COc1cc2c(cc1O)CCN(C)C2=O. The van der Waals surface area contributed by atoms with Gasteiger partial charge in [0.15, 0.2) is 11.5 Å². The molecule has 0 radical (unpaired) electrons. The van der Waals surface area contributed by atoms with Gasteiger partial charge in [-0.3, -0.25) is 4.79 Å². The number of methoxy groups -OCH3 is 1. The average molecular weight is 207 g/mol. The highest BCUT2D eigenvalue weighted by Gasteiger charge is 2.23. The molecule has 4 heteroatoms. The van der Waals surface area contributed by atoms with E-state index in [0.717, 1.165) is 12.0 Å². The number of nitrogens with zero attached hydrogens (tertiary/aromatic N) is 1. The zero-order valence-electron chi connectivity index (χ0n) is 8.78. The van der Waals surface area contributed by atoms with Gasteiger partial charge in [0.1, 0.15) is 0 Å². The fourth-order valence-corrected chi connectivity index (χ4v) is 1.78. The third-order valence-electron chi connectivity index (χ3n) is 2.70. The molecule has 0 atom stereocenters. The second-order valence-electron chi connectivity index (χ2n) is 3.66. The van der Waals surface area contributed by atoms with Crippen LogP contribution in [0.5, 0.6) is 11.5 Å². The first-order valence-corrected chi connectivity index (χ1v) is 4.79. The number of ether oxygens (including phenoxy) is 1. The highest BCUT2D eigenvalue weighted by molar-refractivity contribution is 5.97. The summed E-state index contributed by atoms with van der Waals surface area (Å²) in [6, 6.07) is 3.21. The lowest BCUT2D eigenvalue weighted by Gasteiger charge is -2.25. The van der Waals surface area contributed by atoms with Gasteiger partial charge in [0.05, 0.1) is 7.11 Å². The highest BCUT2D eigenvalue weighted by atomic mass is 16.5. The highest BCUT2D eigenvalue weighted by Crippen LogP contribution is 2.31. The molecule has 0 fully saturated rings. The number of phenols is 1. The largest absolute Gasteiger partial charge is 0.504 e. The smallest absolute Gasteiger partial charge is 0.254 e. The number of benzene rings is 1. The van der Waals surface area contributed by atoms with E-state index in [1.807, 2.05) is 0 Å². The van der Waals surface area contributed by atoms with E-state index in [4.69, 9.17) is 4.74 Å². The minimum atomic E-state index is -0.0189. The van der Waals surface area contributed by atoms with E-state index in [9.17, 15) is 9.90 Å². The minimum absolute atomic E-state index is 0.0189. The zero-order chi connectivity index (χ0) is 11.0. The fraction of sp³-hybridized carbons (Fsp3) is 0.364. The van der Waals surface area contributed by atoms with Crippen LogP contribution in [-0.4, -0.2) is 36.6 Å². The third kappa shape index (κ3) is 1.52. The summed E-state index contributed by atoms with van der Waals surface area (Å²) in [6.45, 7) is 0.692. The lowest BCUT2D eigenvalue weighted by molar-refractivity contribution is 0.0780. The van der Waals surface area contributed by atoms with Gasteiger partial charge in [-0.25, -0.2) is 0 Å². The van der Waals surface area contributed by atoms with E-state index in [1.165, 1.54) is 7.11 Å². The monoisotopic (exact) mass is 207 g/mol. The van der Waals surface area contributed by atoms with Crippen LogP contribution in [0.1, 0.15) is 15.9 Å². The number of carbonyl (C=O) groups excluding carboxylic acids is 1. The Bertz CT molecular complexity index is 415. The summed E-state index contributed by atoms with van der Waals surface area (Å²) in [5.74, 6) is 0.417. The minimum Gasteiger partial charge on any atom is -0.504 e. The van der Waals surface area contributed by atoms with Gasteiger partial charge in [-0.05, 0) is 24.1 Å². The van der Waals surface area contributed by atoms with E-state index in [2.05, 4.69) is 0 Å². The van der Waals surface area contributed by atoms with Crippen LogP contribution < -0.4 is 4.74 Å². The number of hydrogen-bond donors (Lipinski definition) is 1. The lowest BCUT2D eigenvalue weighted by atomic mass is 9.98. The molecule has 1 aliphatic rings. The Balaban J connectivity index is 2.53. The molecule has 1 aromatic carbocycles. The zero-order valence-corrected chi connectivity index (χ0v) is 8.78. The molecule has 1 amide bonds. The Labute approximate surface area is 88.1 Å². The number of likely N-dealkylation sites (N-methyl/N-ethyl adjacent to an activating group) is 1. The van der Waals surface area contributed by atoms with Crippen LogP contribution in [0.25, 0.3) is 0 Å². The summed E-state index contributed by atoms with van der Waals surface area (Å²) >= 11 is 0. The fourth-order valence-electron chi connectivity index (χ4n) is 1.78. The molecule has 80 valence electrons. The van der Waals surface area contributed by atoms with Crippen LogP contribution in [-0.2, 0) is 6.42 Å². The van der Waals surface area contributed by atoms with Crippen LogP contribution in [0.2, 0.25) is 0 Å². The number of aromatic hydroxyl groups is 1. The quantitative estimate of drug-likeness (QED) is 0.748. The first kappa shape index (κ1) is 9.83. The molecule has 0 saturated carbocycles. The van der Waals surface area contributed by atoms with Crippen molar-refractivity contribution in [2.75, 3.05) is 20.7 Å². The van der Waals surface area contributed by atoms with E-state index >= 15 is 0 Å². The number of carbonyl (C=O) groups is 1. The molecular weight excluding hydrogens is 194 g/mol. The summed E-state index contributed by atoms with van der Waals surface area (Å²) in [5.41, 5.74) is 1.51. The van der Waals surface area contributed by atoms with Gasteiger partial charge < -0.3 is 14.7 Å². The van der Waals surface area contributed by atoms with Crippen LogP contribution in [0.15, 0.2) is 12.1 Å². The van der Waals surface area contributed by atoms with Crippen LogP contribution >= 0.6 is 0 Å². The number of fused-ring (bicyclic) bond motifs is 1. The Morgan fingerprint density at radius 2 is 2.20 bits per heavy atom. The molecule has 1 N–H and O–H groups in total. The Morgan fingerprint density at radius 1 is 1.47 bits per heavy atom. The van der Waals surface area contributed by atoms with E-state index < -0.39 is 0 Å². The molecular formula is C11H13NO3. The van der Waals surface area contributed by atoms with E-state index in [0.29, 0.717) is 17.9 Å². The molecule has 15 heavy (non-hydrogen) atoms. The molecule has 1 heterocycles. The summed E-state index contributed by atoms with van der Waals surface area (Å²) in [4.78, 5) is 13.5. The van der Waals surface area contributed by atoms with Crippen molar-refractivity contribution in [3.63, 3.8) is 0 Å². The summed E-state index contributed by atoms with van der Waals surface area (Å²) in [7, 11) is 3.24. The second kappa shape index (κ2) is 3.46. The van der Waals surface area contributed by atoms with Gasteiger partial charge in [-0.15, -0.1) is 0 Å². The first-order valence-electron chi connectivity index (χ1n) is 4.79. The second-order valence-corrected chi connectivity index (χ2v) is 3.66. The number of hydrogen-bond acceptors (Lipinski definition) is 3. The first-order chi connectivity index (χ1) is 7.13. The molecule has 0 bridgehead atoms. The maximum Gasteiger partial charge on any atom is 0.254 e. The van der Waals surface area contributed by atoms with Gasteiger partial charge >= 0.3 is 0 Å². The van der Waals surface area contributed by atoms with Gasteiger partial charge in [-0.1, -0.05) is 0 Å². The third-order valence-corrected chi connectivity index (χ3v) is 2.70. The van der Waals surface area contributed by atoms with Crippen LogP contribution in [0.4, 0.5) is 0 Å². The van der Waals surface area contributed by atoms with Crippen LogP contribution in [0, 0.1) is 0 Å². The molecule has 1 aromatic rings. The average Bonchev–Trinajstić information content (AvgIpc) is 2.23. The molecule has 2 rings (SSSR count). The van der Waals surface area contributed by atoms with E-state index in [-0.39, 0.29) is 11.7 Å². The topological polar surface area (TPSA) is 49.8 Å². The standard InChI is InChI=1S/C11H13NO3/c1-12-4-3-7-5-9(13)10(15-2)6-8(7)11(12)14/h5-6,13H,3-4H2,1-2H3. The molecule has 1 aliphatic heterocycles. The van der Waals surface area contributed by atoms with Crippen molar-refractivity contribution in [1.29, 1.82) is 0 Å². The summed E-state index contributed by atoms with van der Waals surface area (Å²) < 4.78 is 4.97.